The Labute approximate surface area is 147 Å². The van der Waals surface area contributed by atoms with Crippen LogP contribution in [0.4, 0.5) is 11.4 Å². The zero-order valence-electron chi connectivity index (χ0n) is 14.5. The third kappa shape index (κ3) is 3.38. The standard InChI is InChI=1S/C21H23N3O/c1-15-5-6-16-14-20(23-19(16)13-15)21(25)22-17-7-9-18(10-8-17)24-11-3-2-4-12-24/h5-10,13-14,23H,2-4,11-12H2,1H3,(H,22,25). The summed E-state index contributed by atoms with van der Waals surface area (Å²) in [6, 6.07) is 16.2. The van der Waals surface area contributed by atoms with Gasteiger partial charge in [0.25, 0.3) is 5.91 Å². The highest BCUT2D eigenvalue weighted by molar-refractivity contribution is 6.06. The lowest BCUT2D eigenvalue weighted by Gasteiger charge is -2.28. The molecular formula is C21H23N3O. The van der Waals surface area contributed by atoms with Crippen molar-refractivity contribution in [3.63, 3.8) is 0 Å². The fourth-order valence-electron chi connectivity index (χ4n) is 3.47. The van der Waals surface area contributed by atoms with E-state index in [1.807, 2.05) is 31.2 Å². The lowest BCUT2D eigenvalue weighted by Crippen LogP contribution is -2.29. The molecule has 2 heterocycles. The van der Waals surface area contributed by atoms with Gasteiger partial charge in [0.05, 0.1) is 0 Å². The maximum atomic E-state index is 12.5. The molecule has 1 aliphatic rings. The van der Waals surface area contributed by atoms with E-state index in [9.17, 15) is 4.79 Å². The van der Waals surface area contributed by atoms with E-state index in [4.69, 9.17) is 0 Å². The number of hydrogen-bond acceptors (Lipinski definition) is 2. The number of nitrogens with one attached hydrogen (secondary N) is 2. The number of anilines is 2. The van der Waals surface area contributed by atoms with Crippen LogP contribution in [0.5, 0.6) is 0 Å². The first-order valence-corrected chi connectivity index (χ1v) is 8.95. The van der Waals surface area contributed by atoms with Crippen LogP contribution >= 0.6 is 0 Å². The Morgan fingerprint density at radius 3 is 2.52 bits per heavy atom. The molecule has 0 atom stereocenters. The molecule has 0 aliphatic carbocycles. The predicted octanol–water partition coefficient (Wildman–Crippen LogP) is 4.72. The second-order valence-corrected chi connectivity index (χ2v) is 6.82. The molecular weight excluding hydrogens is 310 g/mol. The van der Waals surface area contributed by atoms with Crippen molar-refractivity contribution in [2.45, 2.75) is 26.2 Å². The Morgan fingerprint density at radius 1 is 1.00 bits per heavy atom. The van der Waals surface area contributed by atoms with Crippen molar-refractivity contribution < 1.29 is 4.79 Å². The van der Waals surface area contributed by atoms with Crippen LogP contribution in [0.3, 0.4) is 0 Å². The molecule has 4 rings (SSSR count). The largest absolute Gasteiger partial charge is 0.372 e. The number of piperidine rings is 1. The van der Waals surface area contributed by atoms with Crippen LogP contribution in [0.15, 0.2) is 48.5 Å². The number of aryl methyl sites for hydroxylation is 1. The number of aromatic nitrogens is 1. The predicted molar refractivity (Wildman–Crippen MR) is 103 cm³/mol. The van der Waals surface area contributed by atoms with Crippen LogP contribution < -0.4 is 10.2 Å². The van der Waals surface area contributed by atoms with Gasteiger partial charge in [-0.1, -0.05) is 12.1 Å². The van der Waals surface area contributed by atoms with Gasteiger partial charge in [-0.15, -0.1) is 0 Å². The Morgan fingerprint density at radius 2 is 1.76 bits per heavy atom. The van der Waals surface area contributed by atoms with Gasteiger partial charge in [0, 0.05) is 35.4 Å². The number of carbonyl (C=O) groups excluding carboxylic acids is 1. The van der Waals surface area contributed by atoms with Crippen molar-refractivity contribution in [2.24, 2.45) is 0 Å². The average Bonchev–Trinajstić information content (AvgIpc) is 3.06. The molecule has 4 nitrogen and oxygen atoms in total. The molecule has 1 fully saturated rings. The van der Waals surface area contributed by atoms with Gasteiger partial charge in [-0.3, -0.25) is 4.79 Å². The second kappa shape index (κ2) is 6.63. The van der Waals surface area contributed by atoms with E-state index in [1.54, 1.807) is 0 Å². The zero-order valence-corrected chi connectivity index (χ0v) is 14.5. The second-order valence-electron chi connectivity index (χ2n) is 6.82. The lowest BCUT2D eigenvalue weighted by molar-refractivity contribution is 0.102. The number of carbonyl (C=O) groups is 1. The van der Waals surface area contributed by atoms with E-state index in [0.29, 0.717) is 5.69 Å². The summed E-state index contributed by atoms with van der Waals surface area (Å²) in [5.41, 5.74) is 4.81. The summed E-state index contributed by atoms with van der Waals surface area (Å²) in [5.74, 6) is -0.112. The van der Waals surface area contributed by atoms with E-state index in [1.165, 1.54) is 30.5 Å². The molecule has 0 unspecified atom stereocenters. The molecule has 0 bridgehead atoms. The first kappa shape index (κ1) is 15.8. The highest BCUT2D eigenvalue weighted by atomic mass is 16.1. The van der Waals surface area contributed by atoms with Crippen molar-refractivity contribution in [1.82, 2.24) is 4.98 Å². The van der Waals surface area contributed by atoms with Crippen molar-refractivity contribution in [2.75, 3.05) is 23.3 Å². The van der Waals surface area contributed by atoms with Gasteiger partial charge in [0.1, 0.15) is 5.69 Å². The van der Waals surface area contributed by atoms with E-state index >= 15 is 0 Å². The minimum Gasteiger partial charge on any atom is -0.372 e. The number of amides is 1. The average molecular weight is 333 g/mol. The SMILES string of the molecule is Cc1ccc2cc(C(=O)Nc3ccc(N4CCCCC4)cc3)[nH]c2c1. The highest BCUT2D eigenvalue weighted by Crippen LogP contribution is 2.22. The monoisotopic (exact) mass is 333 g/mol. The van der Waals surface area contributed by atoms with Crippen LogP contribution in [-0.2, 0) is 0 Å². The maximum Gasteiger partial charge on any atom is 0.272 e. The first-order chi connectivity index (χ1) is 12.2. The van der Waals surface area contributed by atoms with Crippen LogP contribution in [0, 0.1) is 6.92 Å². The fraction of sp³-hybridized carbons (Fsp3) is 0.286. The Balaban J connectivity index is 1.47. The van der Waals surface area contributed by atoms with Gasteiger partial charge in [-0.05, 0) is 68.1 Å². The van der Waals surface area contributed by atoms with E-state index in [0.717, 1.165) is 29.7 Å². The van der Waals surface area contributed by atoms with Gasteiger partial charge in [0.2, 0.25) is 0 Å². The van der Waals surface area contributed by atoms with E-state index < -0.39 is 0 Å². The summed E-state index contributed by atoms with van der Waals surface area (Å²) >= 11 is 0. The number of H-pyrrole nitrogens is 1. The number of benzene rings is 2. The van der Waals surface area contributed by atoms with Crippen LogP contribution in [0.1, 0.15) is 35.3 Å². The van der Waals surface area contributed by atoms with Gasteiger partial charge < -0.3 is 15.2 Å². The third-order valence-corrected chi connectivity index (χ3v) is 4.87. The number of nitrogens with zero attached hydrogens (tertiary/aromatic N) is 1. The Kier molecular flexibility index (Phi) is 4.18. The number of aromatic amines is 1. The first-order valence-electron chi connectivity index (χ1n) is 8.95. The van der Waals surface area contributed by atoms with E-state index in [-0.39, 0.29) is 5.91 Å². The molecule has 1 aromatic heterocycles. The highest BCUT2D eigenvalue weighted by Gasteiger charge is 2.12. The normalized spacial score (nSPS) is 14.7. The zero-order chi connectivity index (χ0) is 17.2. The fourth-order valence-corrected chi connectivity index (χ4v) is 3.47. The Hall–Kier alpha value is -2.75. The summed E-state index contributed by atoms with van der Waals surface area (Å²) < 4.78 is 0. The van der Waals surface area contributed by atoms with Crippen LogP contribution in [0.25, 0.3) is 10.9 Å². The number of rotatable bonds is 3. The van der Waals surface area contributed by atoms with Crippen molar-refractivity contribution >= 4 is 28.2 Å². The molecule has 2 aromatic carbocycles. The Bertz CT molecular complexity index is 889. The molecule has 25 heavy (non-hydrogen) atoms. The quantitative estimate of drug-likeness (QED) is 0.728. The number of hydrogen-bond donors (Lipinski definition) is 2. The molecule has 0 saturated carbocycles. The molecule has 3 aromatic rings. The van der Waals surface area contributed by atoms with Crippen molar-refractivity contribution in [1.29, 1.82) is 0 Å². The molecule has 2 N–H and O–H groups in total. The minimum absolute atomic E-state index is 0.112. The molecule has 128 valence electrons. The molecule has 0 spiro atoms. The molecule has 1 saturated heterocycles. The maximum absolute atomic E-state index is 12.5. The molecule has 1 aliphatic heterocycles. The summed E-state index contributed by atoms with van der Waals surface area (Å²) in [6.45, 7) is 4.30. The topological polar surface area (TPSA) is 48.1 Å². The lowest BCUT2D eigenvalue weighted by atomic mass is 10.1. The van der Waals surface area contributed by atoms with Gasteiger partial charge in [-0.25, -0.2) is 0 Å². The summed E-state index contributed by atoms with van der Waals surface area (Å²) in [7, 11) is 0. The van der Waals surface area contributed by atoms with Gasteiger partial charge in [-0.2, -0.15) is 0 Å². The van der Waals surface area contributed by atoms with Gasteiger partial charge >= 0.3 is 0 Å². The summed E-state index contributed by atoms with van der Waals surface area (Å²) in [5, 5.41) is 4.03. The van der Waals surface area contributed by atoms with Gasteiger partial charge in [0.15, 0.2) is 0 Å². The smallest absolute Gasteiger partial charge is 0.272 e. The van der Waals surface area contributed by atoms with Crippen LogP contribution in [0.2, 0.25) is 0 Å². The molecule has 0 radical (unpaired) electrons. The summed E-state index contributed by atoms with van der Waals surface area (Å²) in [6.07, 6.45) is 3.85. The van der Waals surface area contributed by atoms with Crippen molar-refractivity contribution in [3.8, 4) is 0 Å². The van der Waals surface area contributed by atoms with Crippen molar-refractivity contribution in [3.05, 3.63) is 59.8 Å². The third-order valence-electron chi connectivity index (χ3n) is 4.87. The molecule has 4 heteroatoms. The van der Waals surface area contributed by atoms with Crippen LogP contribution in [-0.4, -0.2) is 24.0 Å². The number of fused-ring (bicyclic) bond motifs is 1. The van der Waals surface area contributed by atoms with E-state index in [2.05, 4.69) is 39.5 Å². The summed E-state index contributed by atoms with van der Waals surface area (Å²) in [4.78, 5) is 18.1. The molecule has 1 amide bonds. The minimum atomic E-state index is -0.112.